The Morgan fingerprint density at radius 2 is 1.92 bits per heavy atom. The SMILES string of the molecule is CNS(=O)(=O)c1ccc(NCC(CC(C)C)N2CCCC2)c([N+](=O)[O-])c1. The molecule has 1 aromatic rings. The van der Waals surface area contributed by atoms with Crippen LogP contribution < -0.4 is 10.0 Å². The van der Waals surface area contributed by atoms with Crippen molar-refractivity contribution in [2.75, 3.05) is 32.0 Å². The van der Waals surface area contributed by atoms with Gasteiger partial charge in [0.2, 0.25) is 10.0 Å². The lowest BCUT2D eigenvalue weighted by Crippen LogP contribution is -2.39. The van der Waals surface area contributed by atoms with E-state index in [4.69, 9.17) is 0 Å². The van der Waals surface area contributed by atoms with Crippen molar-refractivity contribution in [3.63, 3.8) is 0 Å². The molecule has 26 heavy (non-hydrogen) atoms. The van der Waals surface area contributed by atoms with Crippen molar-refractivity contribution in [3.8, 4) is 0 Å². The smallest absolute Gasteiger partial charge is 0.293 e. The molecule has 0 radical (unpaired) electrons. The summed E-state index contributed by atoms with van der Waals surface area (Å²) >= 11 is 0. The van der Waals surface area contributed by atoms with Crippen LogP contribution in [-0.4, -0.2) is 51.0 Å². The van der Waals surface area contributed by atoms with E-state index in [0.29, 0.717) is 24.2 Å². The maximum Gasteiger partial charge on any atom is 0.293 e. The Morgan fingerprint density at radius 1 is 1.27 bits per heavy atom. The van der Waals surface area contributed by atoms with Gasteiger partial charge in [0, 0.05) is 18.7 Å². The van der Waals surface area contributed by atoms with Gasteiger partial charge in [-0.2, -0.15) is 0 Å². The quantitative estimate of drug-likeness (QED) is 0.500. The zero-order chi connectivity index (χ0) is 19.3. The standard InChI is InChI=1S/C17H28N4O4S/c1-13(2)10-14(20-8-4-5-9-20)12-19-16-7-6-15(26(24,25)18-3)11-17(16)21(22)23/h6-7,11,13-14,18-19H,4-5,8-10,12H2,1-3H3. The number of nitro groups is 1. The second-order valence-corrected chi connectivity index (χ2v) is 8.94. The maximum absolute atomic E-state index is 11.9. The molecule has 0 bridgehead atoms. The summed E-state index contributed by atoms with van der Waals surface area (Å²) in [4.78, 5) is 13.2. The summed E-state index contributed by atoms with van der Waals surface area (Å²) in [7, 11) is -2.44. The molecule has 1 saturated heterocycles. The molecular formula is C17H28N4O4S. The Kier molecular flexibility index (Phi) is 6.96. The molecule has 8 nitrogen and oxygen atoms in total. The summed E-state index contributed by atoms with van der Waals surface area (Å²) in [5.41, 5.74) is 0.115. The van der Waals surface area contributed by atoms with E-state index in [0.717, 1.165) is 25.6 Å². The van der Waals surface area contributed by atoms with Gasteiger partial charge in [-0.05, 0) is 57.5 Å². The Labute approximate surface area is 155 Å². The van der Waals surface area contributed by atoms with Gasteiger partial charge >= 0.3 is 0 Å². The first-order valence-corrected chi connectivity index (χ1v) is 10.4. The molecule has 0 aromatic heterocycles. The molecule has 2 rings (SSSR count). The molecule has 2 N–H and O–H groups in total. The Hall–Kier alpha value is -1.71. The van der Waals surface area contributed by atoms with E-state index in [1.165, 1.54) is 32.0 Å². The molecule has 1 unspecified atom stereocenters. The highest BCUT2D eigenvalue weighted by atomic mass is 32.2. The largest absolute Gasteiger partial charge is 0.378 e. The third kappa shape index (κ3) is 5.15. The first kappa shape index (κ1) is 20.6. The zero-order valence-electron chi connectivity index (χ0n) is 15.6. The van der Waals surface area contributed by atoms with Crippen molar-refractivity contribution in [2.24, 2.45) is 5.92 Å². The Bertz CT molecular complexity index is 730. The van der Waals surface area contributed by atoms with Crippen molar-refractivity contribution in [1.82, 2.24) is 9.62 Å². The topological polar surface area (TPSA) is 105 Å². The number of sulfonamides is 1. The second-order valence-electron chi connectivity index (χ2n) is 7.05. The molecule has 146 valence electrons. The number of nitrogens with one attached hydrogen (secondary N) is 2. The fraction of sp³-hybridized carbons (Fsp3) is 0.647. The average Bonchev–Trinajstić information content (AvgIpc) is 3.12. The number of likely N-dealkylation sites (tertiary alicyclic amines) is 1. The lowest BCUT2D eigenvalue weighted by atomic mass is 10.0. The number of rotatable bonds is 9. The molecule has 1 heterocycles. The van der Waals surface area contributed by atoms with Crippen molar-refractivity contribution in [1.29, 1.82) is 0 Å². The number of anilines is 1. The first-order valence-electron chi connectivity index (χ1n) is 8.94. The van der Waals surface area contributed by atoms with E-state index in [2.05, 4.69) is 28.8 Å². The molecule has 1 atom stereocenters. The molecule has 0 saturated carbocycles. The number of nitrogens with zero attached hydrogens (tertiary/aromatic N) is 2. The van der Waals surface area contributed by atoms with Crippen LogP contribution in [0.5, 0.6) is 0 Å². The van der Waals surface area contributed by atoms with Gasteiger partial charge < -0.3 is 5.32 Å². The number of hydrogen-bond acceptors (Lipinski definition) is 6. The van der Waals surface area contributed by atoms with Crippen LogP contribution in [-0.2, 0) is 10.0 Å². The van der Waals surface area contributed by atoms with Crippen LogP contribution in [0, 0.1) is 16.0 Å². The van der Waals surface area contributed by atoms with Crippen LogP contribution in [0.2, 0.25) is 0 Å². The molecule has 0 amide bonds. The van der Waals surface area contributed by atoms with E-state index in [9.17, 15) is 18.5 Å². The fourth-order valence-electron chi connectivity index (χ4n) is 3.34. The van der Waals surface area contributed by atoms with Crippen LogP contribution in [0.15, 0.2) is 23.1 Å². The van der Waals surface area contributed by atoms with Gasteiger partial charge in [0.15, 0.2) is 0 Å². The Balaban J connectivity index is 2.20. The summed E-state index contributed by atoms with van der Waals surface area (Å²) in [6.07, 6.45) is 3.38. The highest BCUT2D eigenvalue weighted by molar-refractivity contribution is 7.89. The average molecular weight is 385 g/mol. The summed E-state index contributed by atoms with van der Waals surface area (Å²) in [5, 5.41) is 14.6. The molecule has 1 fully saturated rings. The van der Waals surface area contributed by atoms with Gasteiger partial charge in [0.1, 0.15) is 5.69 Å². The minimum absolute atomic E-state index is 0.115. The van der Waals surface area contributed by atoms with E-state index in [-0.39, 0.29) is 10.6 Å². The van der Waals surface area contributed by atoms with Gasteiger partial charge in [0.05, 0.1) is 9.82 Å². The highest BCUT2D eigenvalue weighted by Crippen LogP contribution is 2.28. The molecule has 1 aromatic carbocycles. The molecular weight excluding hydrogens is 356 g/mol. The van der Waals surface area contributed by atoms with Gasteiger partial charge in [0.25, 0.3) is 5.69 Å². The predicted octanol–water partition coefficient (Wildman–Crippen LogP) is 2.43. The summed E-state index contributed by atoms with van der Waals surface area (Å²) in [6.45, 7) is 7.05. The van der Waals surface area contributed by atoms with Gasteiger partial charge in [-0.3, -0.25) is 15.0 Å². The van der Waals surface area contributed by atoms with Crippen LogP contribution in [0.25, 0.3) is 0 Å². The lowest BCUT2D eigenvalue weighted by molar-refractivity contribution is -0.384. The third-order valence-corrected chi connectivity index (χ3v) is 6.09. The predicted molar refractivity (Wildman–Crippen MR) is 102 cm³/mol. The van der Waals surface area contributed by atoms with Gasteiger partial charge in [-0.25, -0.2) is 13.1 Å². The van der Waals surface area contributed by atoms with Crippen molar-refractivity contribution < 1.29 is 13.3 Å². The third-order valence-electron chi connectivity index (χ3n) is 4.67. The van der Waals surface area contributed by atoms with Crippen LogP contribution in [0.4, 0.5) is 11.4 Å². The van der Waals surface area contributed by atoms with Crippen molar-refractivity contribution in [2.45, 2.75) is 44.0 Å². The van der Waals surface area contributed by atoms with E-state index in [1.54, 1.807) is 0 Å². The van der Waals surface area contributed by atoms with Crippen molar-refractivity contribution in [3.05, 3.63) is 28.3 Å². The lowest BCUT2D eigenvalue weighted by Gasteiger charge is -2.29. The number of nitro benzene ring substituents is 1. The first-order chi connectivity index (χ1) is 12.2. The minimum atomic E-state index is -3.72. The molecule has 0 aliphatic carbocycles. The normalized spacial score (nSPS) is 16.8. The fourth-order valence-corrected chi connectivity index (χ4v) is 4.09. The van der Waals surface area contributed by atoms with E-state index >= 15 is 0 Å². The van der Waals surface area contributed by atoms with E-state index in [1.807, 2.05) is 0 Å². The van der Waals surface area contributed by atoms with Gasteiger partial charge in [-0.1, -0.05) is 13.8 Å². The molecule has 1 aliphatic heterocycles. The monoisotopic (exact) mass is 384 g/mol. The maximum atomic E-state index is 11.9. The molecule has 0 spiro atoms. The molecule has 9 heteroatoms. The van der Waals surface area contributed by atoms with Crippen LogP contribution in [0.1, 0.15) is 33.1 Å². The summed E-state index contributed by atoms with van der Waals surface area (Å²) < 4.78 is 25.9. The Morgan fingerprint density at radius 3 is 2.46 bits per heavy atom. The zero-order valence-corrected chi connectivity index (χ0v) is 16.4. The van der Waals surface area contributed by atoms with E-state index < -0.39 is 14.9 Å². The van der Waals surface area contributed by atoms with Gasteiger partial charge in [-0.15, -0.1) is 0 Å². The number of benzene rings is 1. The highest BCUT2D eigenvalue weighted by Gasteiger charge is 2.25. The summed E-state index contributed by atoms with van der Waals surface area (Å²) in [5.74, 6) is 0.528. The number of hydrogen-bond donors (Lipinski definition) is 2. The summed E-state index contributed by atoms with van der Waals surface area (Å²) in [6, 6.07) is 4.26. The minimum Gasteiger partial charge on any atom is -0.378 e. The van der Waals surface area contributed by atoms with Crippen LogP contribution >= 0.6 is 0 Å². The van der Waals surface area contributed by atoms with Crippen LogP contribution in [0.3, 0.4) is 0 Å². The van der Waals surface area contributed by atoms with Crippen molar-refractivity contribution >= 4 is 21.4 Å². The molecule has 1 aliphatic rings. The second kappa shape index (κ2) is 8.79.